The molecular formula is C16H14ClNO2S. The number of esters is 1. The number of hydrogen-bond acceptors (Lipinski definition) is 4. The minimum Gasteiger partial charge on any atom is -0.465 e. The molecule has 0 saturated heterocycles. The molecule has 5 heteroatoms. The Hall–Kier alpha value is -1.65. The summed E-state index contributed by atoms with van der Waals surface area (Å²) in [4.78, 5) is 16.1. The van der Waals surface area contributed by atoms with Gasteiger partial charge in [0.15, 0.2) is 0 Å². The minimum atomic E-state index is -0.245. The van der Waals surface area contributed by atoms with E-state index in [1.807, 2.05) is 48.2 Å². The predicted octanol–water partition coefficient (Wildman–Crippen LogP) is 4.51. The third-order valence-electron chi connectivity index (χ3n) is 3.18. The molecule has 0 N–H and O–H groups in total. The lowest BCUT2D eigenvalue weighted by Gasteiger charge is -2.32. The van der Waals surface area contributed by atoms with Crippen molar-refractivity contribution >= 4 is 40.7 Å². The number of hydrogen-bond donors (Lipinski definition) is 0. The third-order valence-corrected chi connectivity index (χ3v) is 4.55. The van der Waals surface area contributed by atoms with Gasteiger partial charge in [0.05, 0.1) is 18.0 Å². The smallest absolute Gasteiger partial charge is 0.325 e. The summed E-state index contributed by atoms with van der Waals surface area (Å²) in [5.41, 5.74) is 1.95. The summed E-state index contributed by atoms with van der Waals surface area (Å²) in [6.45, 7) is 2.37. The van der Waals surface area contributed by atoms with Gasteiger partial charge < -0.3 is 9.64 Å². The molecule has 0 unspecified atom stereocenters. The number of rotatable bonds is 3. The first kappa shape index (κ1) is 14.3. The topological polar surface area (TPSA) is 29.5 Å². The fourth-order valence-electron chi connectivity index (χ4n) is 2.31. The van der Waals surface area contributed by atoms with Gasteiger partial charge in [-0.1, -0.05) is 35.5 Å². The standard InChI is InChI=1S/C16H14ClNO2S/c1-2-20-16(19)10-18-12-5-3-4-6-14(12)21-15-8-7-11(17)9-13(15)18/h3-9H,2,10H2,1H3. The molecule has 0 spiro atoms. The van der Waals surface area contributed by atoms with Crippen LogP contribution >= 0.6 is 23.4 Å². The van der Waals surface area contributed by atoms with E-state index in [0.717, 1.165) is 21.2 Å². The molecule has 0 aromatic heterocycles. The summed E-state index contributed by atoms with van der Waals surface area (Å²) in [6.07, 6.45) is 0. The van der Waals surface area contributed by atoms with Crippen LogP contribution in [0.1, 0.15) is 6.92 Å². The van der Waals surface area contributed by atoms with Gasteiger partial charge in [-0.05, 0) is 37.3 Å². The lowest BCUT2D eigenvalue weighted by atomic mass is 10.2. The fourth-order valence-corrected chi connectivity index (χ4v) is 3.55. The van der Waals surface area contributed by atoms with Gasteiger partial charge in [0.25, 0.3) is 0 Å². The van der Waals surface area contributed by atoms with E-state index in [2.05, 4.69) is 6.07 Å². The van der Waals surface area contributed by atoms with Crippen LogP contribution in [0.4, 0.5) is 11.4 Å². The first-order valence-electron chi connectivity index (χ1n) is 6.68. The van der Waals surface area contributed by atoms with Crippen LogP contribution in [0, 0.1) is 0 Å². The molecule has 0 saturated carbocycles. The Morgan fingerprint density at radius 2 is 1.95 bits per heavy atom. The van der Waals surface area contributed by atoms with Crippen molar-refractivity contribution in [1.29, 1.82) is 0 Å². The Balaban J connectivity index is 2.04. The van der Waals surface area contributed by atoms with Gasteiger partial charge in [-0.25, -0.2) is 0 Å². The van der Waals surface area contributed by atoms with Crippen LogP contribution in [0.25, 0.3) is 0 Å². The zero-order valence-corrected chi connectivity index (χ0v) is 13.1. The van der Waals surface area contributed by atoms with E-state index in [-0.39, 0.29) is 12.5 Å². The van der Waals surface area contributed by atoms with Crippen molar-refractivity contribution in [2.24, 2.45) is 0 Å². The van der Waals surface area contributed by atoms with Gasteiger partial charge in [0.2, 0.25) is 0 Å². The normalized spacial score (nSPS) is 12.6. The van der Waals surface area contributed by atoms with Crippen molar-refractivity contribution in [3.63, 3.8) is 0 Å². The number of nitrogens with zero attached hydrogens (tertiary/aromatic N) is 1. The third kappa shape index (κ3) is 2.87. The van der Waals surface area contributed by atoms with Gasteiger partial charge >= 0.3 is 5.97 Å². The molecule has 0 radical (unpaired) electrons. The maximum Gasteiger partial charge on any atom is 0.325 e. The number of anilines is 2. The second kappa shape index (κ2) is 6.00. The SMILES string of the molecule is CCOC(=O)CN1c2ccccc2Sc2ccc(Cl)cc21. The maximum absolute atomic E-state index is 11.9. The molecule has 0 aliphatic carbocycles. The van der Waals surface area contributed by atoms with Crippen LogP contribution in [-0.2, 0) is 9.53 Å². The predicted molar refractivity (Wildman–Crippen MR) is 85.7 cm³/mol. The molecule has 2 aromatic carbocycles. The molecule has 0 atom stereocenters. The van der Waals surface area contributed by atoms with Crippen molar-refractivity contribution in [2.45, 2.75) is 16.7 Å². The van der Waals surface area contributed by atoms with E-state index in [0.29, 0.717) is 11.6 Å². The number of carbonyl (C=O) groups excluding carboxylic acids is 1. The first-order valence-corrected chi connectivity index (χ1v) is 7.88. The summed E-state index contributed by atoms with van der Waals surface area (Å²) in [6, 6.07) is 13.8. The van der Waals surface area contributed by atoms with Gasteiger partial charge in [-0.2, -0.15) is 0 Å². The van der Waals surface area contributed by atoms with Crippen molar-refractivity contribution in [2.75, 3.05) is 18.1 Å². The van der Waals surface area contributed by atoms with Crippen molar-refractivity contribution in [3.05, 3.63) is 47.5 Å². The van der Waals surface area contributed by atoms with E-state index in [9.17, 15) is 4.79 Å². The lowest BCUT2D eigenvalue weighted by Crippen LogP contribution is -2.28. The molecule has 3 nitrogen and oxygen atoms in total. The average molecular weight is 320 g/mol. The van der Waals surface area contributed by atoms with Crippen LogP contribution < -0.4 is 4.90 Å². The van der Waals surface area contributed by atoms with E-state index in [1.54, 1.807) is 11.8 Å². The van der Waals surface area contributed by atoms with Crippen LogP contribution in [0.5, 0.6) is 0 Å². The molecule has 0 amide bonds. The molecular weight excluding hydrogens is 306 g/mol. The number of benzene rings is 2. The fraction of sp³-hybridized carbons (Fsp3) is 0.188. The second-order valence-corrected chi connectivity index (χ2v) is 6.09. The summed E-state index contributed by atoms with van der Waals surface area (Å²) in [5.74, 6) is -0.245. The molecule has 108 valence electrons. The molecule has 1 aliphatic rings. The molecule has 0 fully saturated rings. The monoisotopic (exact) mass is 319 g/mol. The Kier molecular flexibility index (Phi) is 4.08. The number of halogens is 1. The summed E-state index contributed by atoms with van der Waals surface area (Å²) < 4.78 is 5.08. The summed E-state index contributed by atoms with van der Waals surface area (Å²) in [7, 11) is 0. The molecule has 0 bridgehead atoms. The van der Waals surface area contributed by atoms with Crippen molar-refractivity contribution in [3.8, 4) is 0 Å². The minimum absolute atomic E-state index is 0.179. The summed E-state index contributed by atoms with van der Waals surface area (Å²) in [5, 5.41) is 0.655. The van der Waals surface area contributed by atoms with Gasteiger partial charge in [-0.15, -0.1) is 0 Å². The summed E-state index contributed by atoms with van der Waals surface area (Å²) >= 11 is 7.80. The van der Waals surface area contributed by atoms with Gasteiger partial charge in [0.1, 0.15) is 6.54 Å². The molecule has 1 aliphatic heterocycles. The second-order valence-electron chi connectivity index (χ2n) is 4.57. The number of carbonyl (C=O) groups is 1. The number of para-hydroxylation sites is 1. The van der Waals surface area contributed by atoms with Crippen LogP contribution in [0.3, 0.4) is 0 Å². The number of ether oxygens (including phenoxy) is 1. The molecule has 3 rings (SSSR count). The lowest BCUT2D eigenvalue weighted by molar-refractivity contribution is -0.141. The first-order chi connectivity index (χ1) is 10.2. The van der Waals surface area contributed by atoms with E-state index < -0.39 is 0 Å². The highest BCUT2D eigenvalue weighted by Crippen LogP contribution is 2.48. The van der Waals surface area contributed by atoms with E-state index in [4.69, 9.17) is 16.3 Å². The van der Waals surface area contributed by atoms with Gasteiger partial charge in [0, 0.05) is 14.8 Å². The molecule has 1 heterocycles. The highest BCUT2D eigenvalue weighted by atomic mass is 35.5. The Labute approximate surface area is 132 Å². The Morgan fingerprint density at radius 1 is 1.19 bits per heavy atom. The number of fused-ring (bicyclic) bond motifs is 2. The average Bonchev–Trinajstić information content (AvgIpc) is 2.48. The van der Waals surface area contributed by atoms with Crippen molar-refractivity contribution < 1.29 is 9.53 Å². The zero-order chi connectivity index (χ0) is 14.8. The van der Waals surface area contributed by atoms with E-state index >= 15 is 0 Å². The van der Waals surface area contributed by atoms with Gasteiger partial charge in [-0.3, -0.25) is 4.79 Å². The largest absolute Gasteiger partial charge is 0.465 e. The quantitative estimate of drug-likeness (QED) is 0.779. The molecule has 21 heavy (non-hydrogen) atoms. The maximum atomic E-state index is 11.9. The zero-order valence-electron chi connectivity index (χ0n) is 11.5. The van der Waals surface area contributed by atoms with Crippen molar-refractivity contribution in [1.82, 2.24) is 0 Å². The Morgan fingerprint density at radius 3 is 2.76 bits per heavy atom. The van der Waals surface area contributed by atoms with Crippen LogP contribution in [0.15, 0.2) is 52.3 Å². The van der Waals surface area contributed by atoms with Crippen LogP contribution in [-0.4, -0.2) is 19.1 Å². The highest BCUT2D eigenvalue weighted by molar-refractivity contribution is 7.99. The van der Waals surface area contributed by atoms with E-state index in [1.165, 1.54) is 0 Å². The highest BCUT2D eigenvalue weighted by Gasteiger charge is 2.25. The Bertz CT molecular complexity index is 690. The van der Waals surface area contributed by atoms with Crippen LogP contribution in [0.2, 0.25) is 5.02 Å². The molecule has 2 aromatic rings.